The summed E-state index contributed by atoms with van der Waals surface area (Å²) in [5.41, 5.74) is 3.17. The summed E-state index contributed by atoms with van der Waals surface area (Å²) in [5.74, 6) is 5.81. The van der Waals surface area contributed by atoms with Crippen LogP contribution in [0, 0.1) is 11.8 Å². The van der Waals surface area contributed by atoms with E-state index in [1.807, 2.05) is 72.8 Å². The van der Waals surface area contributed by atoms with E-state index in [2.05, 4.69) is 22.5 Å². The Labute approximate surface area is 176 Å². The van der Waals surface area contributed by atoms with E-state index in [1.165, 1.54) is 0 Å². The summed E-state index contributed by atoms with van der Waals surface area (Å²) in [7, 11) is 0. The predicted octanol–water partition coefficient (Wildman–Crippen LogP) is 4.34. The van der Waals surface area contributed by atoms with Gasteiger partial charge < -0.3 is 15.4 Å². The highest BCUT2D eigenvalue weighted by molar-refractivity contribution is 5.96. The average molecular weight is 398 g/mol. The second kappa shape index (κ2) is 10.5. The summed E-state index contributed by atoms with van der Waals surface area (Å²) < 4.78 is 5.14. The van der Waals surface area contributed by atoms with Crippen molar-refractivity contribution >= 4 is 17.7 Å². The maximum absolute atomic E-state index is 12.4. The first kappa shape index (κ1) is 20.7. The molecule has 0 fully saturated rings. The second-order valence-electron chi connectivity index (χ2n) is 6.61. The van der Waals surface area contributed by atoms with Crippen molar-refractivity contribution < 1.29 is 14.3 Å². The van der Waals surface area contributed by atoms with Crippen molar-refractivity contribution in [1.82, 2.24) is 5.32 Å². The minimum Gasteiger partial charge on any atom is -0.445 e. The maximum Gasteiger partial charge on any atom is 0.408 e. The fourth-order valence-electron chi connectivity index (χ4n) is 2.60. The third-order valence-corrected chi connectivity index (χ3v) is 4.20. The second-order valence-corrected chi connectivity index (χ2v) is 6.61. The molecule has 5 heteroatoms. The Kier molecular flexibility index (Phi) is 7.23. The Hall–Kier alpha value is -4.04. The van der Waals surface area contributed by atoms with Gasteiger partial charge in [-0.3, -0.25) is 4.79 Å². The zero-order chi connectivity index (χ0) is 21.2. The molecule has 1 atom stereocenters. The van der Waals surface area contributed by atoms with Crippen LogP contribution in [0.3, 0.4) is 0 Å². The maximum atomic E-state index is 12.4. The number of alkyl carbamates (subject to hydrolysis) is 1. The minimum absolute atomic E-state index is 0.142. The summed E-state index contributed by atoms with van der Waals surface area (Å²) in [6.07, 6.45) is -0.649. The first-order valence-corrected chi connectivity index (χ1v) is 9.55. The van der Waals surface area contributed by atoms with E-state index in [1.54, 1.807) is 19.1 Å². The van der Waals surface area contributed by atoms with Crippen LogP contribution >= 0.6 is 0 Å². The number of ether oxygens (including phenoxy) is 1. The summed E-state index contributed by atoms with van der Waals surface area (Å²) in [6, 6.07) is 25.5. The van der Waals surface area contributed by atoms with Crippen LogP contribution < -0.4 is 10.6 Å². The highest BCUT2D eigenvalue weighted by atomic mass is 16.5. The van der Waals surface area contributed by atoms with Gasteiger partial charge in [0.05, 0.1) is 0 Å². The zero-order valence-electron chi connectivity index (χ0n) is 16.6. The molecule has 2 amide bonds. The quantitative estimate of drug-likeness (QED) is 0.628. The summed E-state index contributed by atoms with van der Waals surface area (Å²) in [6.45, 7) is 1.74. The van der Waals surface area contributed by atoms with Crippen molar-refractivity contribution in [3.63, 3.8) is 0 Å². The fourth-order valence-corrected chi connectivity index (χ4v) is 2.60. The van der Waals surface area contributed by atoms with Gasteiger partial charge in [-0.05, 0) is 42.8 Å². The predicted molar refractivity (Wildman–Crippen MR) is 117 cm³/mol. The first-order chi connectivity index (χ1) is 14.6. The third kappa shape index (κ3) is 6.54. The molecular weight excluding hydrogens is 376 g/mol. The molecule has 0 radical (unpaired) electrons. The number of carbonyl (C=O) groups is 2. The number of nitrogens with one attached hydrogen (secondary N) is 2. The van der Waals surface area contributed by atoms with Gasteiger partial charge >= 0.3 is 6.09 Å². The molecule has 3 aromatic carbocycles. The topological polar surface area (TPSA) is 67.4 Å². The van der Waals surface area contributed by atoms with Crippen LogP contribution in [0.25, 0.3) is 0 Å². The lowest BCUT2D eigenvalue weighted by atomic mass is 10.1. The number of carbonyl (C=O) groups excluding carboxylic acids is 2. The summed E-state index contributed by atoms with van der Waals surface area (Å²) >= 11 is 0. The van der Waals surface area contributed by atoms with Gasteiger partial charge in [0, 0.05) is 16.8 Å². The molecule has 3 aromatic rings. The van der Waals surface area contributed by atoms with Crippen molar-refractivity contribution in [2.75, 3.05) is 5.32 Å². The highest BCUT2D eigenvalue weighted by Gasteiger charge is 2.16. The third-order valence-electron chi connectivity index (χ3n) is 4.20. The van der Waals surface area contributed by atoms with E-state index in [0.29, 0.717) is 5.69 Å². The van der Waals surface area contributed by atoms with Crippen molar-refractivity contribution in [3.05, 3.63) is 102 Å². The van der Waals surface area contributed by atoms with Crippen LogP contribution in [-0.4, -0.2) is 18.0 Å². The van der Waals surface area contributed by atoms with E-state index in [-0.39, 0.29) is 12.5 Å². The number of hydrogen-bond donors (Lipinski definition) is 2. The Bertz CT molecular complexity index is 1050. The Morgan fingerprint density at radius 1 is 0.867 bits per heavy atom. The van der Waals surface area contributed by atoms with E-state index in [0.717, 1.165) is 16.7 Å². The van der Waals surface area contributed by atoms with Crippen molar-refractivity contribution in [3.8, 4) is 11.8 Å². The molecule has 0 aliphatic heterocycles. The lowest BCUT2D eigenvalue weighted by Crippen LogP contribution is -2.41. The fraction of sp³-hybridized carbons (Fsp3) is 0.120. The minimum atomic E-state index is -0.757. The standard InChI is InChI=1S/C25H22N2O3/c1-19(26-25(29)30-18-22-11-6-3-7-12-22)24(28)27-23-14-8-13-21(17-23)16-15-20-9-4-2-5-10-20/h2-14,17,19H,18H2,1H3,(H,26,29)(H,27,28). The molecule has 0 spiro atoms. The SMILES string of the molecule is CC(NC(=O)OCc1ccccc1)C(=O)Nc1cccc(C#Cc2ccccc2)c1. The van der Waals surface area contributed by atoms with Crippen LogP contribution in [0.1, 0.15) is 23.6 Å². The lowest BCUT2D eigenvalue weighted by Gasteiger charge is -2.14. The van der Waals surface area contributed by atoms with Gasteiger partial charge in [-0.2, -0.15) is 0 Å². The molecule has 2 N–H and O–H groups in total. The molecule has 0 heterocycles. The van der Waals surface area contributed by atoms with Crippen molar-refractivity contribution in [2.24, 2.45) is 0 Å². The number of hydrogen-bond acceptors (Lipinski definition) is 3. The molecular formula is C25H22N2O3. The molecule has 150 valence electrons. The van der Waals surface area contributed by atoms with Crippen LogP contribution in [-0.2, 0) is 16.1 Å². The molecule has 0 aromatic heterocycles. The van der Waals surface area contributed by atoms with Gasteiger partial charge in [-0.15, -0.1) is 0 Å². The van der Waals surface area contributed by atoms with Gasteiger partial charge in [0.2, 0.25) is 5.91 Å². The first-order valence-electron chi connectivity index (χ1n) is 9.55. The number of anilines is 1. The molecule has 0 saturated carbocycles. The highest BCUT2D eigenvalue weighted by Crippen LogP contribution is 2.11. The van der Waals surface area contributed by atoms with Crippen LogP contribution in [0.2, 0.25) is 0 Å². The monoisotopic (exact) mass is 398 g/mol. The molecule has 0 saturated heterocycles. The molecule has 30 heavy (non-hydrogen) atoms. The van der Waals surface area contributed by atoms with Crippen LogP contribution in [0.5, 0.6) is 0 Å². The van der Waals surface area contributed by atoms with Crippen molar-refractivity contribution in [2.45, 2.75) is 19.6 Å². The van der Waals surface area contributed by atoms with Gasteiger partial charge in [0.1, 0.15) is 12.6 Å². The van der Waals surface area contributed by atoms with Crippen molar-refractivity contribution in [1.29, 1.82) is 0 Å². The average Bonchev–Trinajstić information content (AvgIpc) is 2.78. The van der Waals surface area contributed by atoms with Crippen LogP contribution in [0.15, 0.2) is 84.9 Å². The largest absolute Gasteiger partial charge is 0.445 e. The zero-order valence-corrected chi connectivity index (χ0v) is 16.6. The Morgan fingerprint density at radius 2 is 1.50 bits per heavy atom. The molecule has 0 bridgehead atoms. The molecule has 0 aliphatic carbocycles. The summed E-state index contributed by atoms with van der Waals surface area (Å²) in [5, 5.41) is 5.31. The number of rotatable bonds is 5. The smallest absolute Gasteiger partial charge is 0.408 e. The number of benzene rings is 3. The van der Waals surface area contributed by atoms with E-state index < -0.39 is 12.1 Å². The van der Waals surface area contributed by atoms with Gasteiger partial charge in [-0.1, -0.05) is 66.4 Å². The van der Waals surface area contributed by atoms with E-state index in [4.69, 9.17) is 4.74 Å². The molecule has 1 unspecified atom stereocenters. The summed E-state index contributed by atoms with van der Waals surface area (Å²) in [4.78, 5) is 24.3. The Balaban J connectivity index is 1.52. The molecule has 0 aliphatic rings. The van der Waals surface area contributed by atoms with Gasteiger partial charge in [-0.25, -0.2) is 4.79 Å². The molecule has 5 nitrogen and oxygen atoms in total. The Morgan fingerprint density at radius 3 is 2.23 bits per heavy atom. The van der Waals surface area contributed by atoms with Gasteiger partial charge in [0.15, 0.2) is 0 Å². The normalized spacial score (nSPS) is 10.8. The number of amides is 2. The molecule has 3 rings (SSSR count). The lowest BCUT2D eigenvalue weighted by molar-refractivity contribution is -0.117. The van der Waals surface area contributed by atoms with Crippen LogP contribution in [0.4, 0.5) is 10.5 Å². The van der Waals surface area contributed by atoms with Gasteiger partial charge in [0.25, 0.3) is 0 Å². The van der Waals surface area contributed by atoms with E-state index in [9.17, 15) is 9.59 Å². The van der Waals surface area contributed by atoms with E-state index >= 15 is 0 Å².